The van der Waals surface area contributed by atoms with E-state index in [2.05, 4.69) is 10.4 Å². The average Bonchev–Trinajstić information content (AvgIpc) is 2.99. The molecule has 1 aromatic rings. The van der Waals surface area contributed by atoms with Gasteiger partial charge in [0.15, 0.2) is 0 Å². The molecule has 1 saturated carbocycles. The molecule has 1 fully saturated rings. The Balaban J connectivity index is 1.84. The first-order valence-electron chi connectivity index (χ1n) is 6.96. The summed E-state index contributed by atoms with van der Waals surface area (Å²) in [6.45, 7) is 0.884. The average molecular weight is 254 g/mol. The highest BCUT2D eigenvalue weighted by atomic mass is 16.2. The Morgan fingerprint density at radius 3 is 2.56 bits per heavy atom. The summed E-state index contributed by atoms with van der Waals surface area (Å²) in [4.78, 5) is 12.0. The van der Waals surface area contributed by atoms with Crippen molar-refractivity contribution < 1.29 is 5.11 Å². The monoisotopic (exact) mass is 254 g/mol. The van der Waals surface area contributed by atoms with E-state index in [9.17, 15) is 4.79 Å². The second-order valence-electron chi connectivity index (χ2n) is 5.01. The highest BCUT2D eigenvalue weighted by molar-refractivity contribution is 4.74. The molecule has 18 heavy (non-hydrogen) atoms. The molecule has 0 aliphatic heterocycles. The highest BCUT2D eigenvalue weighted by Crippen LogP contribution is 2.27. The zero-order chi connectivity index (χ0) is 12.8. The van der Waals surface area contributed by atoms with Gasteiger partial charge in [0.1, 0.15) is 0 Å². The zero-order valence-electron chi connectivity index (χ0n) is 10.8. The Hall–Kier alpha value is -1.17. The third kappa shape index (κ3) is 3.19. The third-order valence-corrected chi connectivity index (χ3v) is 3.61. The van der Waals surface area contributed by atoms with E-state index in [1.54, 1.807) is 4.68 Å². The highest BCUT2D eigenvalue weighted by Gasteiger charge is 2.21. The number of aliphatic hydroxyl groups excluding tert-OH is 1. The maximum atomic E-state index is 12.0. The number of aromatic nitrogens is 4. The van der Waals surface area contributed by atoms with Crippen molar-refractivity contribution in [3.63, 3.8) is 0 Å². The molecule has 0 atom stereocenters. The van der Waals surface area contributed by atoms with Crippen molar-refractivity contribution in [3.8, 4) is 0 Å². The Bertz CT molecular complexity index is 406. The van der Waals surface area contributed by atoms with Crippen molar-refractivity contribution in [2.24, 2.45) is 0 Å². The molecule has 1 aliphatic carbocycles. The van der Waals surface area contributed by atoms with Crippen LogP contribution >= 0.6 is 0 Å². The Kier molecular flexibility index (Phi) is 4.92. The van der Waals surface area contributed by atoms with Gasteiger partial charge in [0.05, 0.1) is 6.04 Å². The van der Waals surface area contributed by atoms with Gasteiger partial charge < -0.3 is 5.11 Å². The molecule has 1 aromatic heterocycles. The molecular formula is C12H22N4O2. The molecule has 0 unspecified atom stereocenters. The first-order chi connectivity index (χ1) is 8.83. The number of hydrogen-bond acceptors (Lipinski definition) is 4. The number of unbranched alkanes of at least 4 members (excludes halogenated alkanes) is 3. The summed E-state index contributed by atoms with van der Waals surface area (Å²) >= 11 is 0. The zero-order valence-corrected chi connectivity index (χ0v) is 10.8. The fourth-order valence-electron chi connectivity index (χ4n) is 2.53. The molecule has 0 saturated heterocycles. The molecule has 1 aliphatic rings. The van der Waals surface area contributed by atoms with Gasteiger partial charge in [-0.05, 0) is 36.1 Å². The fourth-order valence-corrected chi connectivity index (χ4v) is 2.53. The van der Waals surface area contributed by atoms with Crippen molar-refractivity contribution in [1.82, 2.24) is 19.8 Å². The topological polar surface area (TPSA) is 72.9 Å². The SMILES string of the molecule is O=c1n(CCCCCCO)nnn1C1CCCC1. The first kappa shape index (κ1) is 13.3. The van der Waals surface area contributed by atoms with Gasteiger partial charge in [0, 0.05) is 13.2 Å². The van der Waals surface area contributed by atoms with Gasteiger partial charge in [-0.25, -0.2) is 4.79 Å². The van der Waals surface area contributed by atoms with Crippen LogP contribution in [0.15, 0.2) is 4.79 Å². The van der Waals surface area contributed by atoms with E-state index in [0.717, 1.165) is 38.5 Å². The van der Waals surface area contributed by atoms with Gasteiger partial charge in [-0.3, -0.25) is 0 Å². The first-order valence-corrected chi connectivity index (χ1v) is 6.96. The van der Waals surface area contributed by atoms with Crippen LogP contribution in [0.2, 0.25) is 0 Å². The van der Waals surface area contributed by atoms with Crippen molar-refractivity contribution in [2.45, 2.75) is 64.0 Å². The molecule has 2 rings (SSSR count). The lowest BCUT2D eigenvalue weighted by molar-refractivity contribution is 0.282. The minimum atomic E-state index is -0.0657. The summed E-state index contributed by atoms with van der Waals surface area (Å²) in [5.74, 6) is 0. The van der Waals surface area contributed by atoms with Crippen LogP contribution in [0, 0.1) is 0 Å². The predicted molar refractivity (Wildman–Crippen MR) is 67.3 cm³/mol. The molecule has 0 spiro atoms. The van der Waals surface area contributed by atoms with Gasteiger partial charge in [-0.1, -0.05) is 25.7 Å². The van der Waals surface area contributed by atoms with E-state index in [1.807, 2.05) is 0 Å². The number of hydrogen-bond donors (Lipinski definition) is 1. The lowest BCUT2D eigenvalue weighted by Gasteiger charge is -2.05. The van der Waals surface area contributed by atoms with Crippen LogP contribution in [0.1, 0.15) is 57.4 Å². The molecule has 102 valence electrons. The van der Waals surface area contributed by atoms with Crippen LogP contribution in [0.3, 0.4) is 0 Å². The molecule has 0 aromatic carbocycles. The lowest BCUT2D eigenvalue weighted by Crippen LogP contribution is -2.27. The van der Waals surface area contributed by atoms with Gasteiger partial charge in [-0.15, -0.1) is 0 Å². The molecule has 0 bridgehead atoms. The number of tetrazole rings is 1. The van der Waals surface area contributed by atoms with Crippen LogP contribution in [-0.4, -0.2) is 31.5 Å². The van der Waals surface area contributed by atoms with Crippen molar-refractivity contribution in [2.75, 3.05) is 6.61 Å². The summed E-state index contributed by atoms with van der Waals surface area (Å²) in [6, 6.07) is 0.264. The Morgan fingerprint density at radius 1 is 1.11 bits per heavy atom. The number of nitrogens with zero attached hydrogens (tertiary/aromatic N) is 4. The van der Waals surface area contributed by atoms with Crippen LogP contribution in [0.25, 0.3) is 0 Å². The van der Waals surface area contributed by atoms with Crippen molar-refractivity contribution in [1.29, 1.82) is 0 Å². The standard InChI is InChI=1S/C12H22N4O2/c17-10-6-2-1-5-9-15-12(18)16(14-13-15)11-7-3-4-8-11/h11,17H,1-10H2. The normalized spacial score (nSPS) is 16.5. The summed E-state index contributed by atoms with van der Waals surface area (Å²) in [5, 5.41) is 16.6. The molecule has 6 nitrogen and oxygen atoms in total. The number of rotatable bonds is 7. The maximum Gasteiger partial charge on any atom is 0.363 e. The maximum absolute atomic E-state index is 12.0. The Labute approximate surface area is 107 Å². The fraction of sp³-hybridized carbons (Fsp3) is 0.917. The smallest absolute Gasteiger partial charge is 0.363 e. The van der Waals surface area contributed by atoms with Crippen molar-refractivity contribution in [3.05, 3.63) is 10.5 Å². The van der Waals surface area contributed by atoms with Crippen LogP contribution in [0.5, 0.6) is 0 Å². The third-order valence-electron chi connectivity index (χ3n) is 3.61. The second kappa shape index (κ2) is 6.68. The van der Waals surface area contributed by atoms with E-state index < -0.39 is 0 Å². The largest absolute Gasteiger partial charge is 0.396 e. The Morgan fingerprint density at radius 2 is 1.83 bits per heavy atom. The summed E-state index contributed by atoms with van der Waals surface area (Å²) in [7, 11) is 0. The van der Waals surface area contributed by atoms with Gasteiger partial charge >= 0.3 is 5.69 Å². The summed E-state index contributed by atoms with van der Waals surface area (Å²) in [6.07, 6.45) is 8.25. The molecule has 0 amide bonds. The molecule has 6 heteroatoms. The summed E-state index contributed by atoms with van der Waals surface area (Å²) in [5.41, 5.74) is -0.0657. The van der Waals surface area contributed by atoms with Crippen LogP contribution in [-0.2, 0) is 6.54 Å². The van der Waals surface area contributed by atoms with Crippen molar-refractivity contribution >= 4 is 0 Å². The molecule has 1 N–H and O–H groups in total. The molecular weight excluding hydrogens is 232 g/mol. The van der Waals surface area contributed by atoms with Crippen LogP contribution < -0.4 is 5.69 Å². The summed E-state index contributed by atoms with van der Waals surface area (Å²) < 4.78 is 3.03. The van der Waals surface area contributed by atoms with E-state index in [0.29, 0.717) is 6.54 Å². The van der Waals surface area contributed by atoms with E-state index in [-0.39, 0.29) is 18.3 Å². The van der Waals surface area contributed by atoms with Gasteiger partial charge in [-0.2, -0.15) is 9.36 Å². The number of aliphatic hydroxyl groups is 1. The van der Waals surface area contributed by atoms with Gasteiger partial charge in [0.2, 0.25) is 0 Å². The van der Waals surface area contributed by atoms with E-state index in [1.165, 1.54) is 17.5 Å². The number of aryl methyl sites for hydroxylation is 1. The van der Waals surface area contributed by atoms with E-state index in [4.69, 9.17) is 5.11 Å². The van der Waals surface area contributed by atoms with E-state index >= 15 is 0 Å². The minimum absolute atomic E-state index is 0.0657. The molecule has 0 radical (unpaired) electrons. The quantitative estimate of drug-likeness (QED) is 0.740. The predicted octanol–water partition coefficient (Wildman–Crippen LogP) is 1.11. The minimum Gasteiger partial charge on any atom is -0.396 e. The van der Waals surface area contributed by atoms with Gasteiger partial charge in [0.25, 0.3) is 0 Å². The second-order valence-corrected chi connectivity index (χ2v) is 5.01. The lowest BCUT2D eigenvalue weighted by atomic mass is 10.2. The molecule has 1 heterocycles. The van der Waals surface area contributed by atoms with Crippen LogP contribution in [0.4, 0.5) is 0 Å².